The van der Waals surface area contributed by atoms with Gasteiger partial charge in [-0.2, -0.15) is 0 Å². The number of hydrogen-bond donors (Lipinski definition) is 1. The monoisotopic (exact) mass is 369 g/mol. The van der Waals surface area contributed by atoms with Crippen molar-refractivity contribution in [1.82, 2.24) is 4.72 Å². The Bertz CT molecular complexity index is 1010. The third kappa shape index (κ3) is 3.89. The van der Waals surface area contributed by atoms with Crippen LogP contribution in [0.2, 0.25) is 0 Å². The largest absolute Gasteiger partial charge is 0.492 e. The van der Waals surface area contributed by atoms with Crippen molar-refractivity contribution in [2.75, 3.05) is 13.2 Å². The number of sulfonamides is 1. The predicted molar refractivity (Wildman–Crippen MR) is 105 cm³/mol. The summed E-state index contributed by atoms with van der Waals surface area (Å²) in [4.78, 5) is 0.355. The number of rotatable bonds is 6. The zero-order valence-corrected chi connectivity index (χ0v) is 16.1. The van der Waals surface area contributed by atoms with Crippen molar-refractivity contribution in [1.29, 1.82) is 0 Å². The van der Waals surface area contributed by atoms with E-state index in [9.17, 15) is 8.42 Å². The molecule has 4 nitrogen and oxygen atoms in total. The summed E-state index contributed by atoms with van der Waals surface area (Å²) in [5.41, 5.74) is 2.56. The van der Waals surface area contributed by atoms with Crippen LogP contribution in [0.25, 0.3) is 10.8 Å². The summed E-state index contributed by atoms with van der Waals surface area (Å²) < 4.78 is 33.7. The van der Waals surface area contributed by atoms with E-state index in [4.69, 9.17) is 4.74 Å². The SMILES string of the molecule is Cc1cc(C)c(S(=O)(=O)NCCOc2cccc3ccccc23)c(C)c1. The van der Waals surface area contributed by atoms with Gasteiger partial charge in [0, 0.05) is 11.9 Å². The molecule has 0 amide bonds. The fourth-order valence-corrected chi connectivity index (χ4v) is 4.78. The molecule has 26 heavy (non-hydrogen) atoms. The Morgan fingerprint density at radius 1 is 0.923 bits per heavy atom. The molecule has 0 aliphatic rings. The van der Waals surface area contributed by atoms with Crippen LogP contribution in [0.1, 0.15) is 16.7 Å². The molecule has 136 valence electrons. The van der Waals surface area contributed by atoms with Crippen LogP contribution in [-0.2, 0) is 10.0 Å². The molecule has 0 radical (unpaired) electrons. The topological polar surface area (TPSA) is 55.4 Å². The van der Waals surface area contributed by atoms with Gasteiger partial charge in [0.2, 0.25) is 10.0 Å². The molecule has 3 rings (SSSR count). The number of benzene rings is 3. The maximum atomic E-state index is 12.6. The van der Waals surface area contributed by atoms with E-state index in [-0.39, 0.29) is 13.2 Å². The first-order valence-corrected chi connectivity index (χ1v) is 10.0. The summed E-state index contributed by atoms with van der Waals surface area (Å²) in [7, 11) is -3.57. The predicted octanol–water partition coefficient (Wildman–Crippen LogP) is 4.12. The summed E-state index contributed by atoms with van der Waals surface area (Å²) in [5.74, 6) is 0.755. The normalized spacial score (nSPS) is 11.7. The molecule has 0 aliphatic carbocycles. The molecule has 1 N–H and O–H groups in total. The minimum Gasteiger partial charge on any atom is -0.492 e. The number of hydrogen-bond acceptors (Lipinski definition) is 3. The van der Waals surface area contributed by atoms with Gasteiger partial charge in [-0.05, 0) is 43.4 Å². The molecule has 0 heterocycles. The number of aryl methyl sites for hydroxylation is 3. The van der Waals surface area contributed by atoms with Gasteiger partial charge in [-0.3, -0.25) is 0 Å². The van der Waals surface area contributed by atoms with Crippen molar-refractivity contribution in [2.45, 2.75) is 25.7 Å². The first-order chi connectivity index (χ1) is 12.4. The van der Waals surface area contributed by atoms with Gasteiger partial charge in [-0.15, -0.1) is 0 Å². The highest BCUT2D eigenvalue weighted by molar-refractivity contribution is 7.89. The van der Waals surface area contributed by atoms with Crippen LogP contribution < -0.4 is 9.46 Å². The van der Waals surface area contributed by atoms with Gasteiger partial charge in [-0.1, -0.05) is 54.1 Å². The lowest BCUT2D eigenvalue weighted by Gasteiger charge is -2.14. The molecular formula is C21H23NO3S. The molecule has 0 aliphatic heterocycles. The third-order valence-electron chi connectivity index (χ3n) is 4.27. The molecule has 3 aromatic carbocycles. The van der Waals surface area contributed by atoms with Crippen molar-refractivity contribution in [2.24, 2.45) is 0 Å². The minimum atomic E-state index is -3.57. The molecule has 0 fully saturated rings. The highest BCUT2D eigenvalue weighted by Crippen LogP contribution is 2.25. The van der Waals surface area contributed by atoms with Gasteiger partial charge in [-0.25, -0.2) is 13.1 Å². The Labute approximate surface area is 154 Å². The zero-order valence-electron chi connectivity index (χ0n) is 15.2. The van der Waals surface area contributed by atoms with E-state index < -0.39 is 10.0 Å². The molecule has 0 aromatic heterocycles. The molecule has 5 heteroatoms. The molecule has 0 saturated heterocycles. The fraction of sp³-hybridized carbons (Fsp3) is 0.238. The van der Waals surface area contributed by atoms with Crippen molar-refractivity contribution >= 4 is 20.8 Å². The van der Waals surface area contributed by atoms with E-state index >= 15 is 0 Å². The van der Waals surface area contributed by atoms with Gasteiger partial charge in [0.15, 0.2) is 0 Å². The first-order valence-electron chi connectivity index (χ1n) is 8.56. The standard InChI is InChI=1S/C21H23NO3S/c1-15-13-16(2)21(17(3)14-15)26(23,24)22-11-12-25-20-10-6-8-18-7-4-5-9-19(18)20/h4-10,13-14,22H,11-12H2,1-3H3. The summed E-state index contributed by atoms with van der Waals surface area (Å²) >= 11 is 0. The van der Waals surface area contributed by atoms with E-state index in [0.717, 1.165) is 33.2 Å². The Morgan fingerprint density at radius 2 is 1.58 bits per heavy atom. The molecule has 0 bridgehead atoms. The smallest absolute Gasteiger partial charge is 0.241 e. The van der Waals surface area contributed by atoms with Gasteiger partial charge in [0.25, 0.3) is 0 Å². The number of fused-ring (bicyclic) bond motifs is 1. The second-order valence-corrected chi connectivity index (χ2v) is 8.16. The second-order valence-electron chi connectivity index (χ2n) is 6.45. The average Bonchev–Trinajstić information content (AvgIpc) is 2.57. The van der Waals surface area contributed by atoms with Crippen molar-refractivity contribution in [3.05, 3.63) is 71.3 Å². The van der Waals surface area contributed by atoms with Gasteiger partial charge < -0.3 is 4.74 Å². The minimum absolute atomic E-state index is 0.207. The lowest BCUT2D eigenvalue weighted by atomic mass is 10.1. The molecule has 0 spiro atoms. The Balaban J connectivity index is 1.68. The Kier molecular flexibility index (Phi) is 5.30. The van der Waals surface area contributed by atoms with Gasteiger partial charge >= 0.3 is 0 Å². The highest BCUT2D eigenvalue weighted by Gasteiger charge is 2.19. The van der Waals surface area contributed by atoms with E-state index in [2.05, 4.69) is 4.72 Å². The van der Waals surface area contributed by atoms with Crippen LogP contribution in [0.5, 0.6) is 5.75 Å². The Morgan fingerprint density at radius 3 is 2.31 bits per heavy atom. The Hall–Kier alpha value is -2.37. The molecule has 0 unspecified atom stereocenters. The average molecular weight is 369 g/mol. The van der Waals surface area contributed by atoms with Crippen LogP contribution in [0.15, 0.2) is 59.5 Å². The van der Waals surface area contributed by atoms with Crippen LogP contribution in [0.3, 0.4) is 0 Å². The summed E-state index contributed by atoms with van der Waals surface area (Å²) in [5, 5.41) is 2.11. The van der Waals surface area contributed by atoms with E-state index in [0.29, 0.717) is 4.90 Å². The van der Waals surface area contributed by atoms with E-state index in [1.165, 1.54) is 0 Å². The van der Waals surface area contributed by atoms with Crippen LogP contribution >= 0.6 is 0 Å². The summed E-state index contributed by atoms with van der Waals surface area (Å²) in [6.07, 6.45) is 0. The van der Waals surface area contributed by atoms with E-state index in [1.807, 2.05) is 75.4 Å². The first kappa shape index (κ1) is 18.4. The van der Waals surface area contributed by atoms with Gasteiger partial charge in [0.1, 0.15) is 12.4 Å². The van der Waals surface area contributed by atoms with Gasteiger partial charge in [0.05, 0.1) is 4.90 Å². The molecule has 0 atom stereocenters. The molecule has 0 saturated carbocycles. The van der Waals surface area contributed by atoms with E-state index in [1.54, 1.807) is 0 Å². The third-order valence-corrected chi connectivity index (χ3v) is 6.04. The van der Waals surface area contributed by atoms with Crippen LogP contribution in [-0.4, -0.2) is 21.6 Å². The summed E-state index contributed by atoms with van der Waals surface area (Å²) in [6.45, 7) is 6.07. The maximum absolute atomic E-state index is 12.6. The summed E-state index contributed by atoms with van der Waals surface area (Å²) in [6, 6.07) is 17.6. The fourth-order valence-electron chi connectivity index (χ4n) is 3.32. The lowest BCUT2D eigenvalue weighted by Crippen LogP contribution is -2.29. The highest BCUT2D eigenvalue weighted by atomic mass is 32.2. The van der Waals surface area contributed by atoms with Crippen molar-refractivity contribution in [3.63, 3.8) is 0 Å². The number of ether oxygens (including phenoxy) is 1. The zero-order chi connectivity index (χ0) is 18.7. The van der Waals surface area contributed by atoms with Crippen molar-refractivity contribution < 1.29 is 13.2 Å². The molecular weight excluding hydrogens is 346 g/mol. The number of nitrogens with one attached hydrogen (secondary N) is 1. The lowest BCUT2D eigenvalue weighted by molar-refractivity contribution is 0.326. The van der Waals surface area contributed by atoms with Crippen LogP contribution in [0.4, 0.5) is 0 Å². The molecule has 3 aromatic rings. The maximum Gasteiger partial charge on any atom is 0.241 e. The van der Waals surface area contributed by atoms with Crippen LogP contribution in [0, 0.1) is 20.8 Å². The van der Waals surface area contributed by atoms with Crippen molar-refractivity contribution in [3.8, 4) is 5.75 Å². The quantitative estimate of drug-likeness (QED) is 0.665. The second kappa shape index (κ2) is 7.48.